The highest BCUT2D eigenvalue weighted by Crippen LogP contribution is 2.26. The number of rotatable bonds is 6. The highest BCUT2D eigenvalue weighted by atomic mass is 35.5. The Balaban J connectivity index is 1.55. The van der Waals surface area contributed by atoms with Gasteiger partial charge >= 0.3 is 6.03 Å². The van der Waals surface area contributed by atoms with Gasteiger partial charge in [0.1, 0.15) is 4.21 Å². The van der Waals surface area contributed by atoms with Gasteiger partial charge in [-0.15, -0.1) is 11.3 Å². The number of benzene rings is 1. The highest BCUT2D eigenvalue weighted by molar-refractivity contribution is 7.91. The molecule has 3 rings (SSSR count). The van der Waals surface area contributed by atoms with Crippen LogP contribution < -0.4 is 10.6 Å². The lowest BCUT2D eigenvalue weighted by Gasteiger charge is -2.25. The lowest BCUT2D eigenvalue weighted by Crippen LogP contribution is -2.40. The molecule has 2 N–H and O–H groups in total. The van der Waals surface area contributed by atoms with Gasteiger partial charge in [-0.25, -0.2) is 13.2 Å². The van der Waals surface area contributed by atoms with Crippen LogP contribution in [-0.4, -0.2) is 45.1 Å². The third-order valence-corrected chi connectivity index (χ3v) is 8.61. The van der Waals surface area contributed by atoms with Crippen molar-refractivity contribution in [3.63, 3.8) is 0 Å². The van der Waals surface area contributed by atoms with E-state index >= 15 is 0 Å². The molecule has 29 heavy (non-hydrogen) atoms. The smallest absolute Gasteiger partial charge is 0.315 e. The number of carbonyl (C=O) groups is 1. The molecule has 2 heterocycles. The molecule has 0 unspecified atom stereocenters. The van der Waals surface area contributed by atoms with Crippen LogP contribution in [0.3, 0.4) is 0 Å². The van der Waals surface area contributed by atoms with E-state index in [0.29, 0.717) is 36.3 Å². The van der Waals surface area contributed by atoms with E-state index < -0.39 is 10.0 Å². The number of hydrogen-bond donors (Lipinski definition) is 2. The van der Waals surface area contributed by atoms with Crippen molar-refractivity contribution < 1.29 is 17.9 Å². The summed E-state index contributed by atoms with van der Waals surface area (Å²) in [7, 11) is -3.52. The normalized spacial score (nSPS) is 16.4. The summed E-state index contributed by atoms with van der Waals surface area (Å²) in [4.78, 5) is 12.9. The number of nitrogens with one attached hydrogen (secondary N) is 2. The van der Waals surface area contributed by atoms with Crippen molar-refractivity contribution in [2.45, 2.75) is 23.7 Å². The molecule has 2 amide bonds. The van der Waals surface area contributed by atoms with E-state index in [2.05, 4.69) is 10.6 Å². The van der Waals surface area contributed by atoms with Gasteiger partial charge in [-0.1, -0.05) is 29.3 Å². The number of sulfonamides is 1. The minimum absolute atomic E-state index is 0.225. The minimum Gasteiger partial charge on any atom is -0.379 e. The van der Waals surface area contributed by atoms with Gasteiger partial charge in [-0.3, -0.25) is 0 Å². The van der Waals surface area contributed by atoms with E-state index in [-0.39, 0.29) is 22.8 Å². The Morgan fingerprint density at radius 1 is 1.21 bits per heavy atom. The largest absolute Gasteiger partial charge is 0.379 e. The second-order valence-corrected chi connectivity index (χ2v) is 10.6. The van der Waals surface area contributed by atoms with Crippen LogP contribution in [0.4, 0.5) is 4.79 Å². The van der Waals surface area contributed by atoms with E-state index in [9.17, 15) is 13.2 Å². The first kappa shape index (κ1) is 22.3. The highest BCUT2D eigenvalue weighted by Gasteiger charge is 2.27. The summed E-state index contributed by atoms with van der Waals surface area (Å²) in [5.74, 6) is 0. The van der Waals surface area contributed by atoms with Gasteiger partial charge in [-0.05, 0) is 36.8 Å². The summed E-state index contributed by atoms with van der Waals surface area (Å²) < 4.78 is 32.2. The molecule has 158 valence electrons. The van der Waals surface area contributed by atoms with Crippen LogP contribution in [0, 0.1) is 0 Å². The van der Waals surface area contributed by atoms with Gasteiger partial charge in [0.2, 0.25) is 0 Å². The van der Waals surface area contributed by atoms with E-state index in [1.807, 2.05) is 6.92 Å². The minimum atomic E-state index is -3.52. The Bertz CT molecular complexity index is 975. The van der Waals surface area contributed by atoms with Gasteiger partial charge in [0, 0.05) is 18.0 Å². The molecule has 1 aliphatic heterocycles. The fraction of sp³-hybridized carbons (Fsp3) is 0.389. The first-order valence-electron chi connectivity index (χ1n) is 8.93. The van der Waals surface area contributed by atoms with Crippen LogP contribution in [-0.2, 0) is 21.3 Å². The molecule has 2 aromatic rings. The first-order valence-corrected chi connectivity index (χ1v) is 11.9. The third-order valence-electron chi connectivity index (χ3n) is 4.42. The maximum Gasteiger partial charge on any atom is 0.315 e. The number of amides is 2. The second kappa shape index (κ2) is 9.63. The Labute approximate surface area is 184 Å². The number of hydrogen-bond acceptors (Lipinski definition) is 5. The molecule has 1 fully saturated rings. The van der Waals surface area contributed by atoms with E-state index in [1.54, 1.807) is 30.3 Å². The number of thiophene rings is 1. The van der Waals surface area contributed by atoms with Gasteiger partial charge < -0.3 is 15.4 Å². The molecule has 0 radical (unpaired) electrons. The summed E-state index contributed by atoms with van der Waals surface area (Å²) in [6.45, 7) is 3.55. The molecule has 0 aliphatic carbocycles. The Hall–Kier alpha value is -1.36. The lowest BCUT2D eigenvalue weighted by molar-refractivity contribution is 0.0731. The number of nitrogens with zero attached hydrogens (tertiary/aromatic N) is 1. The molecular weight excluding hydrogens is 457 g/mol. The van der Waals surface area contributed by atoms with Crippen molar-refractivity contribution in [1.82, 2.24) is 14.9 Å². The molecule has 7 nitrogen and oxygen atoms in total. The number of carbonyl (C=O) groups excluding carboxylic acids is 1. The molecule has 0 spiro atoms. The molecular formula is C18H21Cl2N3O4S2. The summed E-state index contributed by atoms with van der Waals surface area (Å²) in [6, 6.07) is 7.82. The molecule has 11 heteroatoms. The number of morpholine rings is 1. The fourth-order valence-corrected chi connectivity index (χ4v) is 5.95. The maximum absolute atomic E-state index is 12.7. The van der Waals surface area contributed by atoms with Crippen molar-refractivity contribution in [1.29, 1.82) is 0 Å². The zero-order chi connectivity index (χ0) is 21.0. The molecule has 0 saturated carbocycles. The van der Waals surface area contributed by atoms with Crippen LogP contribution >= 0.6 is 34.5 Å². The first-order chi connectivity index (χ1) is 13.8. The average Bonchev–Trinajstić information content (AvgIpc) is 3.19. The average molecular weight is 478 g/mol. The predicted octanol–water partition coefficient (Wildman–Crippen LogP) is 3.64. The van der Waals surface area contributed by atoms with Crippen LogP contribution in [0.15, 0.2) is 34.5 Å². The van der Waals surface area contributed by atoms with Crippen molar-refractivity contribution in [2.24, 2.45) is 0 Å². The third kappa shape index (κ3) is 5.62. The Morgan fingerprint density at radius 2 is 1.93 bits per heavy atom. The predicted molar refractivity (Wildman–Crippen MR) is 114 cm³/mol. The van der Waals surface area contributed by atoms with Crippen molar-refractivity contribution in [2.75, 3.05) is 26.3 Å². The molecule has 1 saturated heterocycles. The fourth-order valence-electron chi connectivity index (χ4n) is 2.79. The second-order valence-electron chi connectivity index (χ2n) is 6.46. The molecule has 0 bridgehead atoms. The Kier molecular flexibility index (Phi) is 7.42. The van der Waals surface area contributed by atoms with Gasteiger partial charge in [0.25, 0.3) is 10.0 Å². The molecule has 1 aromatic carbocycles. The topological polar surface area (TPSA) is 87.7 Å². The molecule has 1 aromatic heterocycles. The number of halogens is 2. The summed E-state index contributed by atoms with van der Waals surface area (Å²) in [5.41, 5.74) is 0.824. The van der Waals surface area contributed by atoms with E-state index in [4.69, 9.17) is 27.9 Å². The summed E-state index contributed by atoms with van der Waals surface area (Å²) in [5, 5.41) is 6.43. The number of urea groups is 1. The zero-order valence-corrected chi connectivity index (χ0v) is 18.8. The van der Waals surface area contributed by atoms with Crippen LogP contribution in [0.2, 0.25) is 10.0 Å². The maximum atomic E-state index is 12.7. The van der Waals surface area contributed by atoms with Gasteiger partial charge in [-0.2, -0.15) is 4.31 Å². The van der Waals surface area contributed by atoms with Crippen LogP contribution in [0.25, 0.3) is 0 Å². The van der Waals surface area contributed by atoms with E-state index in [0.717, 1.165) is 21.8 Å². The van der Waals surface area contributed by atoms with Crippen molar-refractivity contribution in [3.05, 3.63) is 50.8 Å². The van der Waals surface area contributed by atoms with Gasteiger partial charge in [0.15, 0.2) is 0 Å². The Morgan fingerprint density at radius 3 is 2.62 bits per heavy atom. The zero-order valence-electron chi connectivity index (χ0n) is 15.7. The molecule has 1 atom stereocenters. The number of ether oxygens (including phenoxy) is 1. The summed E-state index contributed by atoms with van der Waals surface area (Å²) >= 11 is 13.1. The molecule has 1 aliphatic rings. The van der Waals surface area contributed by atoms with Crippen molar-refractivity contribution in [3.8, 4) is 0 Å². The van der Waals surface area contributed by atoms with Crippen LogP contribution in [0.5, 0.6) is 0 Å². The summed E-state index contributed by atoms with van der Waals surface area (Å²) in [6.07, 6.45) is 0. The van der Waals surface area contributed by atoms with Crippen molar-refractivity contribution >= 4 is 50.6 Å². The van der Waals surface area contributed by atoms with E-state index in [1.165, 1.54) is 4.31 Å². The standard InChI is InChI=1S/C18H21Cl2N3O4S2/c1-12(13-2-4-15(19)16(20)10-13)22-18(24)21-11-14-3-5-17(28-14)29(25,26)23-6-8-27-9-7-23/h2-5,10,12H,6-9,11H2,1H3,(H2,21,22,24)/t12-/m1/s1. The lowest BCUT2D eigenvalue weighted by atomic mass is 10.1. The quantitative estimate of drug-likeness (QED) is 0.664. The van der Waals surface area contributed by atoms with Gasteiger partial charge in [0.05, 0.1) is 35.8 Å². The monoisotopic (exact) mass is 477 g/mol. The van der Waals surface area contributed by atoms with Crippen LogP contribution in [0.1, 0.15) is 23.4 Å². The SMILES string of the molecule is C[C@@H](NC(=O)NCc1ccc(S(=O)(=O)N2CCOCC2)s1)c1ccc(Cl)c(Cl)c1.